The van der Waals surface area contributed by atoms with E-state index in [0.717, 1.165) is 5.56 Å². The van der Waals surface area contributed by atoms with E-state index in [4.69, 9.17) is 9.15 Å². The molecule has 0 radical (unpaired) electrons. The molecular weight excluding hydrogens is 310 g/mol. The molecule has 0 bridgehead atoms. The molecule has 0 spiro atoms. The Morgan fingerprint density at radius 2 is 2.00 bits per heavy atom. The molecule has 1 aliphatic rings. The van der Waals surface area contributed by atoms with Crippen molar-refractivity contribution in [1.29, 1.82) is 0 Å². The van der Waals surface area contributed by atoms with Crippen LogP contribution in [-0.2, 0) is 16.1 Å². The molecule has 0 saturated heterocycles. The minimum atomic E-state index is -0.972. The number of methoxy groups -OCH3 is 1. The maximum atomic E-state index is 12.8. The number of hydrogen-bond acceptors (Lipinski definition) is 5. The summed E-state index contributed by atoms with van der Waals surface area (Å²) in [6.07, 6.45) is 0. The molecule has 0 atom stereocenters. The standard InChI is InChI=1S/C18H19NO5/c1-11-5-7-14-13(9-11)19(17(21)18(2,3)24-14)10-12-6-8-15(23-12)16(20)22-4/h5-9H,10H2,1-4H3. The SMILES string of the molecule is COC(=O)c1ccc(CN2C(=O)C(C)(C)Oc3ccc(C)cc32)o1. The average Bonchev–Trinajstić information content (AvgIpc) is 3.00. The molecule has 0 N–H and O–H groups in total. The molecule has 0 saturated carbocycles. The monoisotopic (exact) mass is 329 g/mol. The van der Waals surface area contributed by atoms with E-state index in [1.54, 1.807) is 24.8 Å². The van der Waals surface area contributed by atoms with Crippen molar-refractivity contribution >= 4 is 17.6 Å². The molecule has 1 aromatic carbocycles. The summed E-state index contributed by atoms with van der Waals surface area (Å²) in [4.78, 5) is 25.9. The van der Waals surface area contributed by atoms with E-state index in [1.807, 2.05) is 25.1 Å². The van der Waals surface area contributed by atoms with Crippen LogP contribution in [0.25, 0.3) is 0 Å². The van der Waals surface area contributed by atoms with E-state index < -0.39 is 11.6 Å². The number of fused-ring (bicyclic) bond motifs is 1. The third-order valence-corrected chi connectivity index (χ3v) is 3.89. The van der Waals surface area contributed by atoms with Crippen LogP contribution in [-0.4, -0.2) is 24.6 Å². The van der Waals surface area contributed by atoms with Gasteiger partial charge in [0.05, 0.1) is 19.3 Å². The molecular formula is C18H19NO5. The number of aryl methyl sites for hydroxylation is 1. The van der Waals surface area contributed by atoms with Crippen LogP contribution in [0.4, 0.5) is 5.69 Å². The number of ether oxygens (including phenoxy) is 2. The van der Waals surface area contributed by atoms with Gasteiger partial charge in [-0.3, -0.25) is 9.69 Å². The summed E-state index contributed by atoms with van der Waals surface area (Å²) in [7, 11) is 1.29. The van der Waals surface area contributed by atoms with Gasteiger partial charge in [-0.25, -0.2) is 4.79 Å². The molecule has 1 aliphatic heterocycles. The van der Waals surface area contributed by atoms with Crippen molar-refractivity contribution in [2.45, 2.75) is 32.9 Å². The summed E-state index contributed by atoms with van der Waals surface area (Å²) in [5.41, 5.74) is 0.736. The smallest absolute Gasteiger partial charge is 0.373 e. The van der Waals surface area contributed by atoms with E-state index in [2.05, 4.69) is 4.74 Å². The maximum Gasteiger partial charge on any atom is 0.373 e. The molecule has 3 rings (SSSR count). The average molecular weight is 329 g/mol. The zero-order valence-electron chi connectivity index (χ0n) is 14.1. The third-order valence-electron chi connectivity index (χ3n) is 3.89. The van der Waals surface area contributed by atoms with Crippen LogP contribution in [0.1, 0.15) is 35.7 Å². The second kappa shape index (κ2) is 5.70. The van der Waals surface area contributed by atoms with Gasteiger partial charge in [-0.2, -0.15) is 0 Å². The molecule has 24 heavy (non-hydrogen) atoms. The van der Waals surface area contributed by atoms with Gasteiger partial charge in [-0.15, -0.1) is 0 Å². The topological polar surface area (TPSA) is 69.0 Å². The van der Waals surface area contributed by atoms with E-state index in [-0.39, 0.29) is 18.2 Å². The number of benzene rings is 1. The molecule has 0 unspecified atom stereocenters. The summed E-state index contributed by atoms with van der Waals surface area (Å²) in [5.74, 6) is 0.526. The predicted octanol–water partition coefficient (Wildman–Crippen LogP) is 3.08. The van der Waals surface area contributed by atoms with Crippen molar-refractivity contribution < 1.29 is 23.5 Å². The van der Waals surface area contributed by atoms with Crippen LogP contribution in [0.3, 0.4) is 0 Å². The molecule has 2 aromatic rings. The fraction of sp³-hybridized carbons (Fsp3) is 0.333. The molecule has 1 aromatic heterocycles. The Bertz CT molecular complexity index is 805. The number of furan rings is 1. The van der Waals surface area contributed by atoms with E-state index in [9.17, 15) is 9.59 Å². The number of rotatable bonds is 3. The second-order valence-electron chi connectivity index (χ2n) is 6.23. The number of carbonyl (C=O) groups is 2. The van der Waals surface area contributed by atoms with Crippen LogP contribution in [0.2, 0.25) is 0 Å². The van der Waals surface area contributed by atoms with Gasteiger partial charge in [-0.1, -0.05) is 6.07 Å². The van der Waals surface area contributed by atoms with Crippen LogP contribution < -0.4 is 9.64 Å². The molecule has 0 fully saturated rings. The first-order valence-electron chi connectivity index (χ1n) is 7.60. The minimum absolute atomic E-state index is 0.108. The molecule has 6 nitrogen and oxygen atoms in total. The Hall–Kier alpha value is -2.76. The summed E-state index contributed by atoms with van der Waals surface area (Å²) >= 11 is 0. The van der Waals surface area contributed by atoms with Crippen molar-refractivity contribution in [3.05, 3.63) is 47.4 Å². The Kier molecular flexibility index (Phi) is 3.83. The van der Waals surface area contributed by atoms with Crippen molar-refractivity contribution in [3.8, 4) is 5.75 Å². The van der Waals surface area contributed by atoms with E-state index in [0.29, 0.717) is 17.2 Å². The normalized spacial score (nSPS) is 15.7. The molecule has 1 amide bonds. The van der Waals surface area contributed by atoms with Crippen molar-refractivity contribution in [2.75, 3.05) is 12.0 Å². The van der Waals surface area contributed by atoms with Crippen LogP contribution in [0, 0.1) is 6.92 Å². The van der Waals surface area contributed by atoms with Gasteiger partial charge in [0.25, 0.3) is 5.91 Å². The summed E-state index contributed by atoms with van der Waals surface area (Å²) in [6, 6.07) is 8.89. The zero-order valence-corrected chi connectivity index (χ0v) is 14.1. The van der Waals surface area contributed by atoms with Crippen molar-refractivity contribution in [2.24, 2.45) is 0 Å². The lowest BCUT2D eigenvalue weighted by molar-refractivity contribution is -0.132. The van der Waals surface area contributed by atoms with Crippen molar-refractivity contribution in [3.63, 3.8) is 0 Å². The first kappa shape index (κ1) is 16.1. The first-order valence-corrected chi connectivity index (χ1v) is 7.60. The quantitative estimate of drug-likeness (QED) is 0.810. The summed E-state index contributed by atoms with van der Waals surface area (Å²) in [5, 5.41) is 0. The van der Waals surface area contributed by atoms with Gasteiger partial charge in [0.2, 0.25) is 5.76 Å². The fourth-order valence-corrected chi connectivity index (χ4v) is 2.66. The first-order chi connectivity index (χ1) is 11.3. The van der Waals surface area contributed by atoms with Gasteiger partial charge in [-0.05, 0) is 50.6 Å². The highest BCUT2D eigenvalue weighted by Crippen LogP contribution is 2.39. The highest BCUT2D eigenvalue weighted by Gasteiger charge is 2.41. The Morgan fingerprint density at radius 1 is 1.25 bits per heavy atom. The highest BCUT2D eigenvalue weighted by atomic mass is 16.5. The number of anilines is 1. The molecule has 2 heterocycles. The number of hydrogen-bond donors (Lipinski definition) is 0. The number of nitrogens with zero attached hydrogens (tertiary/aromatic N) is 1. The van der Waals surface area contributed by atoms with E-state index in [1.165, 1.54) is 13.2 Å². The van der Waals surface area contributed by atoms with Crippen LogP contribution in [0.5, 0.6) is 5.75 Å². The van der Waals surface area contributed by atoms with E-state index >= 15 is 0 Å². The minimum Gasteiger partial charge on any atom is -0.476 e. The number of carbonyl (C=O) groups excluding carboxylic acids is 2. The Labute approximate surface area is 140 Å². The second-order valence-corrected chi connectivity index (χ2v) is 6.23. The Morgan fingerprint density at radius 3 is 2.71 bits per heavy atom. The van der Waals surface area contributed by atoms with Gasteiger partial charge in [0.1, 0.15) is 11.5 Å². The van der Waals surface area contributed by atoms with Gasteiger partial charge in [0, 0.05) is 0 Å². The lowest BCUT2D eigenvalue weighted by Crippen LogP contribution is -2.52. The number of amides is 1. The number of esters is 1. The van der Waals surface area contributed by atoms with Crippen molar-refractivity contribution in [1.82, 2.24) is 0 Å². The van der Waals surface area contributed by atoms with Gasteiger partial charge < -0.3 is 13.9 Å². The lowest BCUT2D eigenvalue weighted by Gasteiger charge is -2.38. The predicted molar refractivity (Wildman–Crippen MR) is 87.1 cm³/mol. The molecule has 0 aliphatic carbocycles. The van der Waals surface area contributed by atoms with Crippen LogP contribution >= 0.6 is 0 Å². The summed E-state index contributed by atoms with van der Waals surface area (Å²) in [6.45, 7) is 5.62. The largest absolute Gasteiger partial charge is 0.476 e. The summed E-state index contributed by atoms with van der Waals surface area (Å²) < 4.78 is 15.9. The third kappa shape index (κ3) is 2.75. The zero-order chi connectivity index (χ0) is 17.5. The van der Waals surface area contributed by atoms with Crippen LogP contribution in [0.15, 0.2) is 34.7 Å². The highest BCUT2D eigenvalue weighted by molar-refractivity contribution is 6.02. The molecule has 6 heteroatoms. The lowest BCUT2D eigenvalue weighted by atomic mass is 10.0. The van der Waals surface area contributed by atoms with Gasteiger partial charge in [0.15, 0.2) is 5.60 Å². The maximum absolute atomic E-state index is 12.8. The fourth-order valence-electron chi connectivity index (χ4n) is 2.66. The Balaban J connectivity index is 1.97. The molecule has 126 valence electrons. The van der Waals surface area contributed by atoms with Gasteiger partial charge >= 0.3 is 5.97 Å².